The lowest BCUT2D eigenvalue weighted by molar-refractivity contribution is -0.135. The van der Waals surface area contributed by atoms with E-state index in [2.05, 4.69) is 26.0 Å². The van der Waals surface area contributed by atoms with Gasteiger partial charge >= 0.3 is 0 Å². The highest BCUT2D eigenvalue weighted by molar-refractivity contribution is 5.92. The third-order valence-electron chi connectivity index (χ3n) is 3.46. The molecule has 1 heterocycles. The van der Waals surface area contributed by atoms with Crippen LogP contribution in [-0.4, -0.2) is 35.1 Å². The molecule has 1 aromatic carbocycles. The number of aliphatic hydroxyl groups excluding tert-OH is 1. The van der Waals surface area contributed by atoms with E-state index in [0.717, 1.165) is 5.56 Å². The molecule has 1 aliphatic heterocycles. The average Bonchev–Trinajstić information content (AvgIpc) is 2.27. The molecule has 96 valence electrons. The van der Waals surface area contributed by atoms with Crippen molar-refractivity contribution in [3.8, 4) is 0 Å². The van der Waals surface area contributed by atoms with Crippen LogP contribution in [0.1, 0.15) is 22.3 Å². The van der Waals surface area contributed by atoms with Crippen molar-refractivity contribution in [3.05, 3.63) is 40.5 Å². The van der Waals surface area contributed by atoms with Crippen LogP contribution in [0, 0.1) is 20.8 Å². The molecule has 0 atom stereocenters. The van der Waals surface area contributed by atoms with Gasteiger partial charge in [-0.2, -0.15) is 0 Å². The normalized spacial score (nSPS) is 16.1. The zero-order valence-electron chi connectivity index (χ0n) is 11.1. The molecule has 0 saturated carbocycles. The molecule has 18 heavy (non-hydrogen) atoms. The van der Waals surface area contributed by atoms with Crippen LogP contribution >= 0.6 is 0 Å². The number of carbonyl (C=O) groups is 1. The number of hydrogen-bond acceptors (Lipinski definition) is 2. The molecule has 1 fully saturated rings. The van der Waals surface area contributed by atoms with Gasteiger partial charge in [-0.3, -0.25) is 4.79 Å². The SMILES string of the molecule is Cc1cc(C)c(/C=C/C(=O)N2CC(O)C2)cc1C. The van der Waals surface area contributed by atoms with E-state index in [1.807, 2.05) is 13.0 Å². The largest absolute Gasteiger partial charge is 0.389 e. The molecular formula is C15H19NO2. The van der Waals surface area contributed by atoms with E-state index in [0.29, 0.717) is 13.1 Å². The van der Waals surface area contributed by atoms with E-state index >= 15 is 0 Å². The van der Waals surface area contributed by atoms with Gasteiger partial charge in [0.05, 0.1) is 6.10 Å². The van der Waals surface area contributed by atoms with Crippen LogP contribution in [0.25, 0.3) is 6.08 Å². The number of rotatable bonds is 2. The number of carbonyl (C=O) groups excluding carboxylic acids is 1. The fraction of sp³-hybridized carbons (Fsp3) is 0.400. The summed E-state index contributed by atoms with van der Waals surface area (Å²) < 4.78 is 0. The van der Waals surface area contributed by atoms with Crippen LogP contribution in [0.4, 0.5) is 0 Å². The quantitative estimate of drug-likeness (QED) is 0.808. The van der Waals surface area contributed by atoms with Crippen LogP contribution in [-0.2, 0) is 4.79 Å². The Labute approximate surface area is 108 Å². The standard InChI is InChI=1S/C15H19NO2/c1-10-6-12(3)13(7-11(10)2)4-5-15(18)16-8-14(17)9-16/h4-7,14,17H,8-9H2,1-3H3/b5-4+. The highest BCUT2D eigenvalue weighted by Gasteiger charge is 2.26. The van der Waals surface area contributed by atoms with Crippen LogP contribution in [0.15, 0.2) is 18.2 Å². The van der Waals surface area contributed by atoms with E-state index in [1.165, 1.54) is 16.7 Å². The zero-order chi connectivity index (χ0) is 13.3. The number of aliphatic hydroxyl groups is 1. The Morgan fingerprint density at radius 2 is 1.83 bits per heavy atom. The van der Waals surface area contributed by atoms with Crippen LogP contribution < -0.4 is 0 Å². The van der Waals surface area contributed by atoms with Crippen LogP contribution in [0.3, 0.4) is 0 Å². The molecule has 1 aromatic rings. The number of likely N-dealkylation sites (tertiary alicyclic amines) is 1. The van der Waals surface area contributed by atoms with Gasteiger partial charge in [0.2, 0.25) is 5.91 Å². The molecule has 1 aliphatic rings. The van der Waals surface area contributed by atoms with E-state index < -0.39 is 0 Å². The van der Waals surface area contributed by atoms with Gasteiger partial charge in [-0.25, -0.2) is 0 Å². The third-order valence-corrected chi connectivity index (χ3v) is 3.46. The first-order valence-corrected chi connectivity index (χ1v) is 6.20. The minimum atomic E-state index is -0.342. The van der Waals surface area contributed by atoms with Gasteiger partial charge in [-0.1, -0.05) is 12.1 Å². The number of amides is 1. The van der Waals surface area contributed by atoms with Gasteiger partial charge in [-0.15, -0.1) is 0 Å². The topological polar surface area (TPSA) is 40.5 Å². The summed E-state index contributed by atoms with van der Waals surface area (Å²) in [5.74, 6) is -0.0297. The second kappa shape index (κ2) is 4.94. The zero-order valence-corrected chi connectivity index (χ0v) is 11.1. The van der Waals surface area contributed by atoms with Crippen LogP contribution in [0.2, 0.25) is 0 Å². The summed E-state index contributed by atoms with van der Waals surface area (Å²) in [6.45, 7) is 7.11. The van der Waals surface area contributed by atoms with Crippen molar-refractivity contribution in [1.29, 1.82) is 0 Å². The van der Waals surface area contributed by atoms with E-state index in [9.17, 15) is 4.79 Å². The van der Waals surface area contributed by atoms with Crippen molar-refractivity contribution in [2.45, 2.75) is 26.9 Å². The van der Waals surface area contributed by atoms with Crippen molar-refractivity contribution in [2.75, 3.05) is 13.1 Å². The number of nitrogens with zero attached hydrogens (tertiary/aromatic N) is 1. The second-order valence-electron chi connectivity index (χ2n) is 5.02. The molecule has 1 amide bonds. The summed E-state index contributed by atoms with van der Waals surface area (Å²) in [4.78, 5) is 13.4. The van der Waals surface area contributed by atoms with Crippen molar-refractivity contribution < 1.29 is 9.90 Å². The average molecular weight is 245 g/mol. The molecule has 1 saturated heterocycles. The van der Waals surface area contributed by atoms with E-state index in [-0.39, 0.29) is 12.0 Å². The lowest BCUT2D eigenvalue weighted by Gasteiger charge is -2.34. The van der Waals surface area contributed by atoms with Crippen molar-refractivity contribution in [2.24, 2.45) is 0 Å². The third kappa shape index (κ3) is 2.62. The lowest BCUT2D eigenvalue weighted by atomic mass is 10.0. The van der Waals surface area contributed by atoms with Gasteiger partial charge in [0.1, 0.15) is 0 Å². The summed E-state index contributed by atoms with van der Waals surface area (Å²) in [5.41, 5.74) is 4.74. The molecule has 3 nitrogen and oxygen atoms in total. The van der Waals surface area contributed by atoms with Crippen molar-refractivity contribution in [1.82, 2.24) is 4.90 Å². The Morgan fingerprint density at radius 3 is 2.44 bits per heavy atom. The highest BCUT2D eigenvalue weighted by atomic mass is 16.3. The van der Waals surface area contributed by atoms with Gasteiger partial charge in [0.15, 0.2) is 0 Å². The Balaban J connectivity index is 2.09. The van der Waals surface area contributed by atoms with Gasteiger partial charge < -0.3 is 10.0 Å². The van der Waals surface area contributed by atoms with Gasteiger partial charge in [0.25, 0.3) is 0 Å². The maximum atomic E-state index is 11.7. The fourth-order valence-electron chi connectivity index (χ4n) is 2.06. The smallest absolute Gasteiger partial charge is 0.246 e. The Morgan fingerprint density at radius 1 is 1.22 bits per heavy atom. The summed E-state index contributed by atoms with van der Waals surface area (Å²) in [5, 5.41) is 9.15. The van der Waals surface area contributed by atoms with Gasteiger partial charge in [-0.05, 0) is 49.1 Å². The molecule has 3 heteroatoms. The summed E-state index contributed by atoms with van der Waals surface area (Å²) in [6.07, 6.45) is 3.10. The molecular weight excluding hydrogens is 226 g/mol. The number of benzene rings is 1. The highest BCUT2D eigenvalue weighted by Crippen LogP contribution is 2.17. The monoisotopic (exact) mass is 245 g/mol. The van der Waals surface area contributed by atoms with Crippen molar-refractivity contribution >= 4 is 12.0 Å². The molecule has 0 aromatic heterocycles. The van der Waals surface area contributed by atoms with Crippen LogP contribution in [0.5, 0.6) is 0 Å². The lowest BCUT2D eigenvalue weighted by Crippen LogP contribution is -2.52. The Hall–Kier alpha value is -1.61. The minimum absolute atomic E-state index is 0.0297. The van der Waals surface area contributed by atoms with E-state index in [4.69, 9.17) is 5.11 Å². The van der Waals surface area contributed by atoms with Crippen molar-refractivity contribution in [3.63, 3.8) is 0 Å². The molecule has 0 radical (unpaired) electrons. The second-order valence-corrected chi connectivity index (χ2v) is 5.02. The first kappa shape index (κ1) is 12.8. The maximum Gasteiger partial charge on any atom is 0.246 e. The predicted molar refractivity (Wildman–Crippen MR) is 72.3 cm³/mol. The van der Waals surface area contributed by atoms with Gasteiger partial charge in [0, 0.05) is 19.2 Å². The Bertz CT molecular complexity index is 499. The van der Waals surface area contributed by atoms with E-state index in [1.54, 1.807) is 11.0 Å². The first-order valence-electron chi connectivity index (χ1n) is 6.20. The molecule has 0 spiro atoms. The number of aryl methyl sites for hydroxylation is 3. The summed E-state index contributed by atoms with van der Waals surface area (Å²) in [6, 6.07) is 4.23. The summed E-state index contributed by atoms with van der Waals surface area (Å²) in [7, 11) is 0. The Kier molecular flexibility index (Phi) is 3.53. The fourth-order valence-corrected chi connectivity index (χ4v) is 2.06. The predicted octanol–water partition coefficient (Wildman–Crippen LogP) is 1.83. The molecule has 1 N–H and O–H groups in total. The molecule has 0 unspecified atom stereocenters. The number of β-amino-alcohol motifs (C(OH)–C–C–N with tert-alkyl or cyclic N) is 1. The minimum Gasteiger partial charge on any atom is -0.389 e. The maximum absolute atomic E-state index is 11.7. The first-order chi connectivity index (χ1) is 8.47. The molecule has 0 bridgehead atoms. The number of hydrogen-bond donors (Lipinski definition) is 1. The molecule has 0 aliphatic carbocycles. The summed E-state index contributed by atoms with van der Waals surface area (Å²) >= 11 is 0. The molecule has 2 rings (SSSR count).